The molecule has 0 aliphatic carbocycles. The van der Waals surface area contributed by atoms with Crippen molar-refractivity contribution in [2.75, 3.05) is 43.4 Å². The lowest BCUT2D eigenvalue weighted by Crippen LogP contribution is -2.43. The molecule has 12 nitrogen and oxygen atoms in total. The van der Waals surface area contributed by atoms with Crippen molar-refractivity contribution in [2.45, 2.75) is 11.8 Å². The first kappa shape index (κ1) is 28.6. The normalized spacial score (nSPS) is 14.0. The number of nitrogens with one attached hydrogen (secondary N) is 4. The van der Waals surface area contributed by atoms with Gasteiger partial charge in [0.2, 0.25) is 0 Å². The summed E-state index contributed by atoms with van der Waals surface area (Å²) >= 11 is 0. The molecular weight excluding hydrogens is 556 g/mol. The van der Waals surface area contributed by atoms with E-state index in [4.69, 9.17) is 10.1 Å². The lowest BCUT2D eigenvalue weighted by atomic mass is 10.1. The average molecular weight is 587 g/mol. The molecule has 0 bridgehead atoms. The number of carbonyl (C=O) groups is 1. The Morgan fingerprint density at radius 2 is 1.81 bits per heavy atom. The zero-order valence-corrected chi connectivity index (χ0v) is 23.9. The van der Waals surface area contributed by atoms with Gasteiger partial charge in [0.05, 0.1) is 52.9 Å². The minimum atomic E-state index is -3.95. The number of rotatable bonds is 8. The molecule has 1 saturated heterocycles. The van der Waals surface area contributed by atoms with Gasteiger partial charge in [-0.15, -0.1) is 0 Å². The van der Waals surface area contributed by atoms with E-state index in [0.29, 0.717) is 71.1 Å². The zero-order chi connectivity index (χ0) is 29.7. The summed E-state index contributed by atoms with van der Waals surface area (Å²) in [6.45, 7) is 3.65. The maximum atomic E-state index is 13.3. The van der Waals surface area contributed by atoms with Crippen LogP contribution < -0.4 is 15.4 Å². The van der Waals surface area contributed by atoms with Gasteiger partial charge in [0.25, 0.3) is 10.0 Å². The molecule has 4 N–H and O–H groups in total. The molecule has 1 fully saturated rings. The number of fused-ring (bicyclic) bond motifs is 1. The molecule has 3 heterocycles. The Morgan fingerprint density at radius 1 is 1.00 bits per heavy atom. The minimum Gasteiger partial charge on any atom is -0.393 e. The summed E-state index contributed by atoms with van der Waals surface area (Å²) in [7, 11) is -2.21. The number of allylic oxidation sites excluding steroid dienone is 1. The molecule has 1 aliphatic heterocycles. The maximum Gasteiger partial charge on any atom is 0.321 e. The summed E-state index contributed by atoms with van der Waals surface area (Å²) in [6.07, 6.45) is 7.55. The highest BCUT2D eigenvalue weighted by molar-refractivity contribution is 7.92. The Kier molecular flexibility index (Phi) is 8.41. The molecule has 2 amide bonds. The topological polar surface area (TPSA) is 162 Å². The Morgan fingerprint density at radius 3 is 2.55 bits per heavy atom. The van der Waals surface area contributed by atoms with E-state index in [1.807, 2.05) is 18.2 Å². The third-order valence-electron chi connectivity index (χ3n) is 6.63. The maximum absolute atomic E-state index is 13.3. The van der Waals surface area contributed by atoms with Crippen LogP contribution in [0, 0.1) is 12.3 Å². The molecule has 13 heteroatoms. The van der Waals surface area contributed by atoms with Gasteiger partial charge in [0.15, 0.2) is 0 Å². The second kappa shape index (κ2) is 12.3. The standard InChI is InChI=1S/C29H30N8O4S/c1-19-11-23(34-29(38)37-7-9-41-10-8-37)4-6-28(19)42(39,40)36-24-12-21(16-32-17-24)20-3-5-25-26(13-20)35-27(18-33-25)22(14-30)15-31-2/h3-6,11-18,30-31,36H,7-10H2,1-2H3,(H,34,38)/b22-15+,30-14?. The smallest absolute Gasteiger partial charge is 0.321 e. The Hall–Kier alpha value is -4.88. The fourth-order valence-corrected chi connectivity index (χ4v) is 5.80. The number of urea groups is 1. The third kappa shape index (κ3) is 6.37. The number of sulfonamides is 1. The molecule has 42 heavy (non-hydrogen) atoms. The van der Waals surface area contributed by atoms with Gasteiger partial charge in [-0.2, -0.15) is 0 Å². The number of hydrogen-bond donors (Lipinski definition) is 4. The SMILES string of the molecule is CN/C=C(\C=N)c1cnc2ccc(-c3cncc(NS(=O)(=O)c4ccc(NC(=O)N5CCOCC5)cc4C)c3)cc2n1. The van der Waals surface area contributed by atoms with Crippen molar-refractivity contribution in [3.05, 3.63) is 78.5 Å². The van der Waals surface area contributed by atoms with E-state index < -0.39 is 10.0 Å². The van der Waals surface area contributed by atoms with Crippen molar-refractivity contribution in [1.29, 1.82) is 5.41 Å². The number of hydrogen-bond acceptors (Lipinski definition) is 9. The predicted octanol–water partition coefficient (Wildman–Crippen LogP) is 3.87. The zero-order valence-electron chi connectivity index (χ0n) is 23.1. The van der Waals surface area contributed by atoms with Crippen molar-refractivity contribution in [3.63, 3.8) is 0 Å². The Bertz CT molecular complexity index is 1790. The molecule has 0 atom stereocenters. The lowest BCUT2D eigenvalue weighted by molar-refractivity contribution is 0.0564. The van der Waals surface area contributed by atoms with Crippen molar-refractivity contribution < 1.29 is 17.9 Å². The van der Waals surface area contributed by atoms with Crippen molar-refractivity contribution in [2.24, 2.45) is 0 Å². The second-order valence-corrected chi connectivity index (χ2v) is 11.2. The molecule has 216 valence electrons. The Balaban J connectivity index is 1.35. The largest absolute Gasteiger partial charge is 0.393 e. The van der Waals surface area contributed by atoms with Crippen molar-refractivity contribution >= 4 is 50.3 Å². The highest BCUT2D eigenvalue weighted by atomic mass is 32.2. The molecular formula is C29H30N8O4S. The van der Waals surface area contributed by atoms with Gasteiger partial charge in [0, 0.05) is 55.6 Å². The number of aryl methyl sites for hydroxylation is 1. The van der Waals surface area contributed by atoms with E-state index in [1.54, 1.807) is 55.7 Å². The summed E-state index contributed by atoms with van der Waals surface area (Å²) in [5, 5.41) is 13.4. The van der Waals surface area contributed by atoms with Crippen LogP contribution >= 0.6 is 0 Å². The van der Waals surface area contributed by atoms with E-state index in [0.717, 1.165) is 5.56 Å². The van der Waals surface area contributed by atoms with E-state index >= 15 is 0 Å². The quantitative estimate of drug-likeness (QED) is 0.226. The third-order valence-corrected chi connectivity index (χ3v) is 8.17. The molecule has 2 aromatic carbocycles. The number of anilines is 2. The monoisotopic (exact) mass is 586 g/mol. The van der Waals surface area contributed by atoms with Gasteiger partial charge in [-0.25, -0.2) is 18.2 Å². The van der Waals surface area contributed by atoms with Gasteiger partial charge < -0.3 is 25.7 Å². The number of aromatic nitrogens is 3. The molecule has 4 aromatic rings. The minimum absolute atomic E-state index is 0.0856. The van der Waals surface area contributed by atoms with Crippen LogP contribution in [0.4, 0.5) is 16.2 Å². The van der Waals surface area contributed by atoms with E-state index in [-0.39, 0.29) is 10.9 Å². The highest BCUT2D eigenvalue weighted by Crippen LogP contribution is 2.27. The highest BCUT2D eigenvalue weighted by Gasteiger charge is 2.20. The number of pyridine rings is 1. The fourth-order valence-electron chi connectivity index (χ4n) is 4.54. The van der Waals surface area contributed by atoms with Crippen LogP contribution in [0.2, 0.25) is 0 Å². The van der Waals surface area contributed by atoms with Crippen molar-refractivity contribution in [3.8, 4) is 11.1 Å². The summed E-state index contributed by atoms with van der Waals surface area (Å²) < 4.78 is 34.5. The molecule has 0 unspecified atom stereocenters. The summed E-state index contributed by atoms with van der Waals surface area (Å²) in [6, 6.07) is 11.6. The summed E-state index contributed by atoms with van der Waals surface area (Å²) in [5.74, 6) is 0. The van der Waals surface area contributed by atoms with Gasteiger partial charge in [-0.1, -0.05) is 6.07 Å². The molecule has 2 aromatic heterocycles. The number of nitrogens with zero attached hydrogens (tertiary/aromatic N) is 4. The van der Waals surface area contributed by atoms with Crippen LogP contribution in [0.25, 0.3) is 27.7 Å². The van der Waals surface area contributed by atoms with E-state index in [2.05, 4.69) is 30.3 Å². The molecule has 0 spiro atoms. The first-order valence-electron chi connectivity index (χ1n) is 13.1. The van der Waals surface area contributed by atoms with Crippen LogP contribution in [0.1, 0.15) is 11.3 Å². The molecule has 1 aliphatic rings. The van der Waals surface area contributed by atoms with E-state index in [1.165, 1.54) is 18.5 Å². The summed E-state index contributed by atoms with van der Waals surface area (Å²) in [5.41, 5.74) is 5.16. The van der Waals surface area contributed by atoms with Crippen LogP contribution in [0.3, 0.4) is 0 Å². The second-order valence-electron chi connectivity index (χ2n) is 9.57. The van der Waals surface area contributed by atoms with Crippen molar-refractivity contribution in [1.82, 2.24) is 25.2 Å². The van der Waals surface area contributed by atoms with Crippen LogP contribution in [0.15, 0.2) is 72.2 Å². The average Bonchev–Trinajstić information content (AvgIpc) is 2.99. The van der Waals surface area contributed by atoms with E-state index in [9.17, 15) is 13.2 Å². The van der Waals surface area contributed by atoms with Gasteiger partial charge in [0.1, 0.15) is 0 Å². The molecule has 0 saturated carbocycles. The van der Waals surface area contributed by atoms with Gasteiger partial charge in [-0.3, -0.25) is 14.7 Å². The number of amides is 2. The number of carbonyl (C=O) groups excluding carboxylic acids is 1. The van der Waals surface area contributed by atoms with Crippen LogP contribution in [-0.4, -0.2) is 73.9 Å². The number of ether oxygens (including phenoxy) is 1. The molecule has 0 radical (unpaired) electrons. The number of morpholine rings is 1. The molecule has 5 rings (SSSR count). The predicted molar refractivity (Wildman–Crippen MR) is 162 cm³/mol. The number of benzene rings is 2. The first-order chi connectivity index (χ1) is 20.3. The Labute approximate surface area is 243 Å². The fraction of sp³-hybridized carbons (Fsp3) is 0.207. The summed E-state index contributed by atoms with van der Waals surface area (Å²) in [4.78, 5) is 27.6. The van der Waals surface area contributed by atoms with Gasteiger partial charge >= 0.3 is 6.03 Å². The van der Waals surface area contributed by atoms with Crippen LogP contribution in [-0.2, 0) is 14.8 Å². The lowest BCUT2D eigenvalue weighted by Gasteiger charge is -2.27. The van der Waals surface area contributed by atoms with Crippen LogP contribution in [0.5, 0.6) is 0 Å². The first-order valence-corrected chi connectivity index (χ1v) is 14.6. The van der Waals surface area contributed by atoms with Gasteiger partial charge in [-0.05, 0) is 54.4 Å².